The van der Waals surface area contributed by atoms with Crippen LogP contribution in [0.2, 0.25) is 0 Å². The number of aliphatic hydroxyl groups is 1. The van der Waals surface area contributed by atoms with E-state index in [4.69, 9.17) is 18.9 Å². The van der Waals surface area contributed by atoms with Crippen molar-refractivity contribution in [2.45, 2.75) is 37.7 Å². The predicted octanol–water partition coefficient (Wildman–Crippen LogP) is 0.332. The summed E-state index contributed by atoms with van der Waals surface area (Å²) in [4.78, 5) is 11.7. The summed E-state index contributed by atoms with van der Waals surface area (Å²) in [5, 5.41) is 10.0. The number of hydrogen-bond acceptors (Lipinski definition) is 6. The van der Waals surface area contributed by atoms with Crippen LogP contribution in [0, 0.1) is 0 Å². The minimum absolute atomic E-state index is 0.0226. The smallest absolute Gasteiger partial charge is 0.338 e. The highest BCUT2D eigenvalue weighted by Crippen LogP contribution is 2.24. The van der Waals surface area contributed by atoms with Crippen LogP contribution in [-0.2, 0) is 18.9 Å². The molecule has 1 aliphatic heterocycles. The van der Waals surface area contributed by atoms with Crippen LogP contribution >= 0.6 is 0 Å². The Morgan fingerprint density at radius 1 is 1.30 bits per heavy atom. The topological polar surface area (TPSA) is 74.2 Å². The van der Waals surface area contributed by atoms with Gasteiger partial charge in [-0.15, -0.1) is 0 Å². The molecule has 2 rings (SSSR count). The molecule has 1 aromatic carbocycles. The van der Waals surface area contributed by atoms with Crippen LogP contribution in [0.5, 0.6) is 0 Å². The molecule has 0 amide bonds. The van der Waals surface area contributed by atoms with Crippen molar-refractivity contribution in [2.75, 3.05) is 20.0 Å². The Hall–Kier alpha value is -1.41. The van der Waals surface area contributed by atoms with E-state index in [1.807, 2.05) is 20.8 Å². The van der Waals surface area contributed by atoms with Gasteiger partial charge in [-0.05, 0) is 18.6 Å². The van der Waals surface area contributed by atoms with Gasteiger partial charge in [0.25, 0.3) is 0 Å². The number of hydrogen-bond donors (Lipinski definition) is 1. The molecule has 0 spiro atoms. The molecule has 1 N–H and O–H groups in total. The van der Waals surface area contributed by atoms with Crippen molar-refractivity contribution in [1.82, 2.24) is 0 Å². The molecule has 1 fully saturated rings. The average Bonchev–Trinajstić information content (AvgIpc) is 2.85. The maximum Gasteiger partial charge on any atom is 0.338 e. The quantitative estimate of drug-likeness (QED) is 0.322. The van der Waals surface area contributed by atoms with Crippen molar-refractivity contribution < 1.29 is 28.8 Å². The highest BCUT2D eigenvalue weighted by molar-refractivity contribution is 6.11. The Kier molecular flexibility index (Phi) is 7.04. The van der Waals surface area contributed by atoms with Gasteiger partial charge >= 0.3 is 5.97 Å². The number of aliphatic hydroxyl groups excluding tert-OH is 1. The molecule has 1 aromatic rings. The van der Waals surface area contributed by atoms with Crippen LogP contribution in [0.1, 0.15) is 23.7 Å². The summed E-state index contributed by atoms with van der Waals surface area (Å²) in [6.07, 6.45) is -0.495. The van der Waals surface area contributed by atoms with Crippen LogP contribution in [0.15, 0.2) is 30.3 Å². The van der Waals surface area contributed by atoms with E-state index in [9.17, 15) is 9.90 Å². The van der Waals surface area contributed by atoms with Crippen LogP contribution in [-0.4, -0.2) is 63.2 Å². The molecule has 23 heavy (non-hydrogen) atoms. The zero-order chi connectivity index (χ0) is 16.7. The van der Waals surface area contributed by atoms with Gasteiger partial charge in [-0.3, -0.25) is 0 Å². The maximum atomic E-state index is 11.7. The fourth-order valence-electron chi connectivity index (χ4n) is 2.53. The summed E-state index contributed by atoms with van der Waals surface area (Å²) in [7, 11) is 1.87. The minimum Gasteiger partial charge on any atom is -0.460 e. The molecule has 1 unspecified atom stereocenters. The number of ether oxygens (including phenoxy) is 4. The fourth-order valence-corrected chi connectivity index (χ4v) is 2.53. The predicted molar refractivity (Wildman–Crippen MR) is 85.9 cm³/mol. The molecule has 1 saturated heterocycles. The van der Waals surface area contributed by atoms with Crippen LogP contribution < -0.4 is 0 Å². The lowest BCUT2D eigenvalue weighted by Gasteiger charge is -2.18. The Bertz CT molecular complexity index is 483. The molecular formula is C16H23BO6. The normalized spacial score (nSPS) is 27.0. The van der Waals surface area contributed by atoms with Crippen LogP contribution in [0.3, 0.4) is 0 Å². The highest BCUT2D eigenvalue weighted by Gasteiger charge is 2.40. The molecule has 6 nitrogen and oxygen atoms in total. The first-order valence-corrected chi connectivity index (χ1v) is 7.88. The Balaban J connectivity index is 1.59. The number of carbonyl (C=O) groups excluding carboxylic acids is 1. The van der Waals surface area contributed by atoms with Crippen molar-refractivity contribution in [3.05, 3.63) is 35.9 Å². The monoisotopic (exact) mass is 322 g/mol. The van der Waals surface area contributed by atoms with Crippen LogP contribution in [0.4, 0.5) is 0 Å². The number of rotatable bonds is 8. The second-order valence-corrected chi connectivity index (χ2v) is 5.44. The molecular weight excluding hydrogens is 299 g/mol. The van der Waals surface area contributed by atoms with Gasteiger partial charge in [0.05, 0.1) is 24.3 Å². The first-order chi connectivity index (χ1) is 11.1. The molecule has 4 atom stereocenters. The average molecular weight is 322 g/mol. The third-order valence-corrected chi connectivity index (χ3v) is 3.79. The van der Waals surface area contributed by atoms with Gasteiger partial charge in [0.2, 0.25) is 0 Å². The lowest BCUT2D eigenvalue weighted by molar-refractivity contribution is -0.121. The highest BCUT2D eigenvalue weighted by atomic mass is 16.7. The van der Waals surface area contributed by atoms with Gasteiger partial charge in [0.15, 0.2) is 0 Å². The van der Waals surface area contributed by atoms with E-state index in [0.29, 0.717) is 5.56 Å². The minimum atomic E-state index is -0.644. The first kappa shape index (κ1) is 17.9. The Morgan fingerprint density at radius 3 is 2.70 bits per heavy atom. The van der Waals surface area contributed by atoms with E-state index in [0.717, 1.165) is 6.42 Å². The summed E-state index contributed by atoms with van der Waals surface area (Å²) in [5.74, 6) is -0.380. The van der Waals surface area contributed by atoms with Crippen molar-refractivity contribution >= 4 is 13.8 Å². The van der Waals surface area contributed by atoms with Crippen molar-refractivity contribution in [3.63, 3.8) is 0 Å². The SMILES string of the molecule is B[C@@H]1O[C@H](CC)[C@H](O)C1OCOCCOC(=O)c1ccccc1. The summed E-state index contributed by atoms with van der Waals surface area (Å²) < 4.78 is 21.5. The summed E-state index contributed by atoms with van der Waals surface area (Å²) in [5.41, 5.74) is 0.509. The van der Waals surface area contributed by atoms with Crippen LogP contribution in [0.25, 0.3) is 0 Å². The standard InChI is InChI=1S/C16H23BO6/c1-2-12-13(18)14(15(17)23-12)22-10-20-8-9-21-16(19)11-6-4-3-5-7-11/h3-7,12-15,18H,2,8-10,17H2,1H3/t12-,13+,14?,15-/m1/s1. The molecule has 0 aromatic heterocycles. The molecule has 1 aliphatic rings. The molecule has 0 saturated carbocycles. The van der Waals surface area contributed by atoms with E-state index in [1.54, 1.807) is 24.3 Å². The number of benzene rings is 1. The van der Waals surface area contributed by atoms with Gasteiger partial charge in [-0.25, -0.2) is 4.79 Å². The molecule has 7 heteroatoms. The van der Waals surface area contributed by atoms with Crippen molar-refractivity contribution in [1.29, 1.82) is 0 Å². The summed E-state index contributed by atoms with van der Waals surface area (Å²) in [6, 6.07) is 8.61. The molecule has 1 heterocycles. The van der Waals surface area contributed by atoms with Gasteiger partial charge in [0.1, 0.15) is 33.5 Å². The lowest BCUT2D eigenvalue weighted by atomic mass is 9.92. The maximum absolute atomic E-state index is 11.7. The number of esters is 1. The largest absolute Gasteiger partial charge is 0.460 e. The van der Waals surface area contributed by atoms with Gasteiger partial charge < -0.3 is 24.1 Å². The molecule has 0 aliphatic carbocycles. The summed E-state index contributed by atoms with van der Waals surface area (Å²) >= 11 is 0. The third-order valence-electron chi connectivity index (χ3n) is 3.79. The van der Waals surface area contributed by atoms with Gasteiger partial charge in [-0.1, -0.05) is 25.1 Å². The second kappa shape index (κ2) is 9.03. The van der Waals surface area contributed by atoms with Gasteiger partial charge in [0, 0.05) is 0 Å². The number of carbonyl (C=O) groups is 1. The summed E-state index contributed by atoms with van der Waals surface area (Å²) in [6.45, 7) is 2.36. The van der Waals surface area contributed by atoms with E-state index < -0.39 is 12.2 Å². The second-order valence-electron chi connectivity index (χ2n) is 5.44. The first-order valence-electron chi connectivity index (χ1n) is 7.88. The zero-order valence-corrected chi connectivity index (χ0v) is 13.5. The molecule has 126 valence electrons. The Morgan fingerprint density at radius 2 is 2.04 bits per heavy atom. The van der Waals surface area contributed by atoms with E-state index >= 15 is 0 Å². The molecule has 0 bridgehead atoms. The van der Waals surface area contributed by atoms with E-state index in [2.05, 4.69) is 0 Å². The van der Waals surface area contributed by atoms with Crippen molar-refractivity contribution in [2.24, 2.45) is 0 Å². The third kappa shape index (κ3) is 5.04. The Labute approximate surface area is 137 Å². The fraction of sp³-hybridized carbons (Fsp3) is 0.562. The molecule has 0 radical (unpaired) electrons. The van der Waals surface area contributed by atoms with Gasteiger partial charge in [-0.2, -0.15) is 0 Å². The van der Waals surface area contributed by atoms with E-state index in [1.165, 1.54) is 0 Å². The van der Waals surface area contributed by atoms with Crippen molar-refractivity contribution in [3.8, 4) is 0 Å². The van der Waals surface area contributed by atoms with E-state index in [-0.39, 0.29) is 38.1 Å². The lowest BCUT2D eigenvalue weighted by Crippen LogP contribution is -2.36. The zero-order valence-electron chi connectivity index (χ0n) is 13.5.